The summed E-state index contributed by atoms with van der Waals surface area (Å²) < 4.78 is 0. The van der Waals surface area contributed by atoms with Gasteiger partial charge in [-0.1, -0.05) is 13.8 Å². The molecule has 1 heteroatoms. The first-order valence-electron chi connectivity index (χ1n) is 6.89. The highest BCUT2D eigenvalue weighted by atomic mass is 14.8. The highest BCUT2D eigenvalue weighted by Gasteiger charge is 2.57. The Labute approximate surface area is 93.8 Å². The van der Waals surface area contributed by atoms with E-state index in [1.54, 1.807) is 0 Å². The van der Waals surface area contributed by atoms with Crippen LogP contribution in [-0.2, 0) is 0 Å². The summed E-state index contributed by atoms with van der Waals surface area (Å²) >= 11 is 0. The summed E-state index contributed by atoms with van der Waals surface area (Å²) in [6.07, 6.45) is 8.66. The molecule has 3 aliphatic carbocycles. The van der Waals surface area contributed by atoms with E-state index in [1.807, 2.05) is 0 Å². The second-order valence-electron chi connectivity index (χ2n) is 6.73. The Bertz CT molecular complexity index is 258. The average Bonchev–Trinajstić information content (AvgIpc) is 2.77. The fourth-order valence-corrected chi connectivity index (χ4v) is 4.96. The van der Waals surface area contributed by atoms with Gasteiger partial charge in [0.15, 0.2) is 0 Å². The second-order valence-corrected chi connectivity index (χ2v) is 6.73. The highest BCUT2D eigenvalue weighted by molar-refractivity contribution is 5.10. The standard InChI is InChI=1S/C14H25N/c1-9-5-6-14(8-10(9)2)12-4-3-11(7-12)13(14)15/h9-13H,3-8,15H2,1-2H3/t9?,10?,11?,12-,13-,14?/m0/s1. The third-order valence-corrected chi connectivity index (χ3v) is 6.20. The summed E-state index contributed by atoms with van der Waals surface area (Å²) in [4.78, 5) is 0. The Kier molecular flexibility index (Phi) is 2.18. The van der Waals surface area contributed by atoms with Gasteiger partial charge in [0.25, 0.3) is 0 Å². The zero-order valence-corrected chi connectivity index (χ0v) is 10.2. The van der Waals surface area contributed by atoms with Gasteiger partial charge in [-0.15, -0.1) is 0 Å². The van der Waals surface area contributed by atoms with E-state index in [0.717, 1.165) is 23.7 Å². The zero-order chi connectivity index (χ0) is 10.6. The van der Waals surface area contributed by atoms with Gasteiger partial charge >= 0.3 is 0 Å². The van der Waals surface area contributed by atoms with E-state index in [2.05, 4.69) is 13.8 Å². The molecule has 0 aromatic carbocycles. The maximum atomic E-state index is 6.54. The van der Waals surface area contributed by atoms with Gasteiger partial charge in [0, 0.05) is 6.04 Å². The maximum absolute atomic E-state index is 6.54. The van der Waals surface area contributed by atoms with Crippen molar-refractivity contribution in [3.8, 4) is 0 Å². The van der Waals surface area contributed by atoms with Gasteiger partial charge in [-0.2, -0.15) is 0 Å². The molecule has 2 N–H and O–H groups in total. The van der Waals surface area contributed by atoms with Crippen LogP contribution in [-0.4, -0.2) is 6.04 Å². The van der Waals surface area contributed by atoms with Crippen molar-refractivity contribution in [1.82, 2.24) is 0 Å². The van der Waals surface area contributed by atoms with Crippen LogP contribution in [0.3, 0.4) is 0 Å². The first-order valence-corrected chi connectivity index (χ1v) is 6.89. The summed E-state index contributed by atoms with van der Waals surface area (Å²) in [6.45, 7) is 4.88. The molecule has 0 heterocycles. The molecule has 0 amide bonds. The number of nitrogens with two attached hydrogens (primary N) is 1. The van der Waals surface area contributed by atoms with Gasteiger partial charge in [-0.3, -0.25) is 0 Å². The van der Waals surface area contributed by atoms with Gasteiger partial charge in [-0.05, 0) is 67.6 Å². The Balaban J connectivity index is 1.85. The van der Waals surface area contributed by atoms with Gasteiger partial charge in [0.1, 0.15) is 0 Å². The smallest absolute Gasteiger partial charge is 0.0127 e. The quantitative estimate of drug-likeness (QED) is 0.648. The fraction of sp³-hybridized carbons (Fsp3) is 1.00. The molecule has 2 bridgehead atoms. The van der Waals surface area contributed by atoms with Crippen LogP contribution in [0.2, 0.25) is 0 Å². The largest absolute Gasteiger partial charge is 0.327 e. The molecule has 0 aromatic rings. The van der Waals surface area contributed by atoms with Crippen LogP contribution >= 0.6 is 0 Å². The topological polar surface area (TPSA) is 26.0 Å². The SMILES string of the molecule is CC1CCC2(CC1C)[C@H]1CCC(C1)[C@@H]2N. The molecule has 0 aromatic heterocycles. The first-order chi connectivity index (χ1) is 7.13. The molecular weight excluding hydrogens is 182 g/mol. The zero-order valence-electron chi connectivity index (χ0n) is 10.2. The van der Waals surface area contributed by atoms with Crippen molar-refractivity contribution in [2.75, 3.05) is 0 Å². The lowest BCUT2D eigenvalue weighted by Gasteiger charge is -2.49. The highest BCUT2D eigenvalue weighted by Crippen LogP contribution is 2.62. The molecule has 86 valence electrons. The van der Waals surface area contributed by atoms with E-state index in [4.69, 9.17) is 5.73 Å². The molecule has 0 saturated heterocycles. The predicted molar refractivity (Wildman–Crippen MR) is 63.4 cm³/mol. The van der Waals surface area contributed by atoms with Crippen LogP contribution in [0.4, 0.5) is 0 Å². The molecule has 15 heavy (non-hydrogen) atoms. The lowest BCUT2D eigenvalue weighted by Crippen LogP contribution is -2.49. The van der Waals surface area contributed by atoms with Crippen molar-refractivity contribution in [1.29, 1.82) is 0 Å². The van der Waals surface area contributed by atoms with E-state index < -0.39 is 0 Å². The van der Waals surface area contributed by atoms with Crippen molar-refractivity contribution in [2.45, 2.75) is 58.4 Å². The van der Waals surface area contributed by atoms with Crippen LogP contribution in [0.5, 0.6) is 0 Å². The summed E-state index contributed by atoms with van der Waals surface area (Å²) in [5, 5.41) is 0. The summed E-state index contributed by atoms with van der Waals surface area (Å²) in [7, 11) is 0. The monoisotopic (exact) mass is 207 g/mol. The van der Waals surface area contributed by atoms with Gasteiger partial charge < -0.3 is 5.73 Å². The predicted octanol–water partition coefficient (Wildman–Crippen LogP) is 3.19. The second kappa shape index (κ2) is 3.23. The van der Waals surface area contributed by atoms with Gasteiger partial charge in [0.2, 0.25) is 0 Å². The third kappa shape index (κ3) is 1.25. The van der Waals surface area contributed by atoms with Gasteiger partial charge in [-0.25, -0.2) is 0 Å². The van der Waals surface area contributed by atoms with E-state index in [-0.39, 0.29) is 0 Å². The molecular formula is C14H25N. The lowest BCUT2D eigenvalue weighted by molar-refractivity contribution is 0.0293. The summed E-state index contributed by atoms with van der Waals surface area (Å²) in [5.74, 6) is 3.72. The van der Waals surface area contributed by atoms with Gasteiger partial charge in [0.05, 0.1) is 0 Å². The Hall–Kier alpha value is -0.0400. The molecule has 1 spiro atoms. The number of hydrogen-bond donors (Lipinski definition) is 1. The fourth-order valence-electron chi connectivity index (χ4n) is 4.96. The normalized spacial score (nSPS) is 59.0. The molecule has 0 radical (unpaired) electrons. The van der Waals surface area contributed by atoms with E-state index in [1.165, 1.54) is 38.5 Å². The van der Waals surface area contributed by atoms with Crippen LogP contribution in [0, 0.1) is 29.1 Å². The molecule has 1 nitrogen and oxygen atoms in total. The van der Waals surface area contributed by atoms with Crippen LogP contribution < -0.4 is 5.73 Å². The molecule has 4 unspecified atom stereocenters. The minimum atomic E-state index is 0.547. The average molecular weight is 207 g/mol. The summed E-state index contributed by atoms with van der Waals surface area (Å²) in [5.41, 5.74) is 7.12. The first kappa shape index (κ1) is 10.1. The van der Waals surface area contributed by atoms with Crippen LogP contribution in [0.15, 0.2) is 0 Å². The van der Waals surface area contributed by atoms with Crippen molar-refractivity contribution < 1.29 is 0 Å². The molecule has 3 fully saturated rings. The minimum Gasteiger partial charge on any atom is -0.327 e. The third-order valence-electron chi connectivity index (χ3n) is 6.20. The Morgan fingerprint density at radius 1 is 1.07 bits per heavy atom. The lowest BCUT2D eigenvalue weighted by atomic mass is 9.58. The van der Waals surface area contributed by atoms with Crippen molar-refractivity contribution in [3.05, 3.63) is 0 Å². The van der Waals surface area contributed by atoms with Crippen molar-refractivity contribution >= 4 is 0 Å². The Morgan fingerprint density at radius 2 is 1.87 bits per heavy atom. The molecule has 3 aliphatic rings. The van der Waals surface area contributed by atoms with E-state index >= 15 is 0 Å². The number of hydrogen-bond acceptors (Lipinski definition) is 1. The molecule has 6 atom stereocenters. The van der Waals surface area contributed by atoms with E-state index in [9.17, 15) is 0 Å². The van der Waals surface area contributed by atoms with Crippen molar-refractivity contribution in [3.63, 3.8) is 0 Å². The van der Waals surface area contributed by atoms with E-state index in [0.29, 0.717) is 11.5 Å². The minimum absolute atomic E-state index is 0.547. The molecule has 3 rings (SSSR count). The van der Waals surface area contributed by atoms with Crippen molar-refractivity contribution in [2.24, 2.45) is 34.8 Å². The van der Waals surface area contributed by atoms with Crippen LogP contribution in [0.1, 0.15) is 52.4 Å². The molecule has 3 saturated carbocycles. The number of fused-ring (bicyclic) bond motifs is 3. The van der Waals surface area contributed by atoms with Crippen LogP contribution in [0.25, 0.3) is 0 Å². The Morgan fingerprint density at radius 3 is 2.47 bits per heavy atom. The molecule has 0 aliphatic heterocycles. The summed E-state index contributed by atoms with van der Waals surface area (Å²) in [6, 6.07) is 0.547. The number of rotatable bonds is 0. The maximum Gasteiger partial charge on any atom is 0.0127 e.